The minimum atomic E-state index is -3.46. The van der Waals surface area contributed by atoms with Crippen molar-refractivity contribution in [3.8, 4) is 11.5 Å². The molecule has 1 heterocycles. The normalized spacial score (nSPS) is 13.6. The highest BCUT2D eigenvalue weighted by Crippen LogP contribution is 2.34. The second-order valence-electron chi connectivity index (χ2n) is 4.65. The molecule has 2 rings (SSSR count). The van der Waals surface area contributed by atoms with Crippen LogP contribution in [-0.2, 0) is 14.8 Å². The topological polar surface area (TPSA) is 84.9 Å². The van der Waals surface area contributed by atoms with Crippen LogP contribution in [0.25, 0.3) is 0 Å². The first-order valence-corrected chi connectivity index (χ1v) is 8.34. The summed E-state index contributed by atoms with van der Waals surface area (Å²) in [5.41, 5.74) is 0.479. The number of hydrogen-bond donors (Lipinski definition) is 1. The van der Waals surface area contributed by atoms with E-state index in [0.717, 1.165) is 6.26 Å². The Bertz CT molecular complexity index is 629. The maximum absolute atomic E-state index is 11.9. The largest absolute Gasteiger partial charge is 0.486 e. The molecule has 7 nitrogen and oxygen atoms in total. The summed E-state index contributed by atoms with van der Waals surface area (Å²) in [6, 6.07) is 4.96. The number of rotatable bonds is 5. The molecule has 0 unspecified atom stereocenters. The summed E-state index contributed by atoms with van der Waals surface area (Å²) in [4.78, 5) is 10.9. The van der Waals surface area contributed by atoms with Crippen LogP contribution in [-0.4, -0.2) is 46.9 Å². The lowest BCUT2D eigenvalue weighted by molar-refractivity contribution is -0.118. The molecule has 116 valence electrons. The zero-order chi connectivity index (χ0) is 15.5. The number of benzene rings is 1. The summed E-state index contributed by atoms with van der Waals surface area (Å²) >= 11 is 0. The zero-order valence-electron chi connectivity index (χ0n) is 12.0. The molecular formula is C13H18N2O5S. The van der Waals surface area contributed by atoms with Gasteiger partial charge >= 0.3 is 0 Å². The van der Waals surface area contributed by atoms with Crippen molar-refractivity contribution >= 4 is 21.6 Å². The highest BCUT2D eigenvalue weighted by Gasteiger charge is 2.20. The van der Waals surface area contributed by atoms with E-state index < -0.39 is 10.0 Å². The van der Waals surface area contributed by atoms with Gasteiger partial charge in [0, 0.05) is 19.5 Å². The fourth-order valence-electron chi connectivity index (χ4n) is 2.01. The lowest BCUT2D eigenvalue weighted by atomic mass is 10.2. The highest BCUT2D eigenvalue weighted by atomic mass is 32.2. The summed E-state index contributed by atoms with van der Waals surface area (Å²) in [5, 5.41) is 2.58. The van der Waals surface area contributed by atoms with E-state index in [1.807, 2.05) is 0 Å². The van der Waals surface area contributed by atoms with Crippen molar-refractivity contribution in [3.63, 3.8) is 0 Å². The maximum atomic E-state index is 11.9. The van der Waals surface area contributed by atoms with Crippen molar-refractivity contribution in [1.82, 2.24) is 5.32 Å². The van der Waals surface area contributed by atoms with Gasteiger partial charge in [0.05, 0.1) is 18.5 Å². The fraction of sp³-hybridized carbons (Fsp3) is 0.462. The first-order chi connectivity index (χ1) is 9.88. The molecule has 0 radical (unpaired) electrons. The van der Waals surface area contributed by atoms with Crippen LogP contribution in [0.15, 0.2) is 18.2 Å². The molecule has 1 N–H and O–H groups in total. The van der Waals surface area contributed by atoms with Crippen LogP contribution in [0.1, 0.15) is 6.92 Å². The van der Waals surface area contributed by atoms with E-state index in [0.29, 0.717) is 30.4 Å². The number of fused-ring (bicyclic) bond motifs is 1. The number of hydrogen-bond acceptors (Lipinski definition) is 5. The standard InChI is InChI=1S/C13H18N2O5S/c1-10(16)14-5-6-15(21(2,17)18)11-3-4-12-13(9-11)20-8-7-19-12/h3-4,9H,5-8H2,1-2H3,(H,14,16). The molecule has 1 aromatic rings. The molecule has 0 saturated carbocycles. The van der Waals surface area contributed by atoms with Gasteiger partial charge < -0.3 is 14.8 Å². The predicted molar refractivity (Wildman–Crippen MR) is 78.3 cm³/mol. The van der Waals surface area contributed by atoms with E-state index in [-0.39, 0.29) is 19.0 Å². The van der Waals surface area contributed by atoms with Crippen molar-refractivity contribution in [2.75, 3.05) is 36.9 Å². The predicted octanol–water partition coefficient (Wildman–Crippen LogP) is 0.360. The Kier molecular flexibility index (Phi) is 4.56. The summed E-state index contributed by atoms with van der Waals surface area (Å²) in [6.45, 7) is 2.68. The highest BCUT2D eigenvalue weighted by molar-refractivity contribution is 7.92. The number of amides is 1. The van der Waals surface area contributed by atoms with E-state index in [2.05, 4.69) is 5.32 Å². The van der Waals surface area contributed by atoms with Gasteiger partial charge in [0.2, 0.25) is 15.9 Å². The summed E-state index contributed by atoms with van der Waals surface area (Å²) < 4.78 is 35.9. The second-order valence-corrected chi connectivity index (χ2v) is 6.55. The van der Waals surface area contributed by atoms with Gasteiger partial charge in [0.15, 0.2) is 11.5 Å². The molecule has 1 aliphatic heterocycles. The van der Waals surface area contributed by atoms with Gasteiger partial charge in [0.1, 0.15) is 13.2 Å². The molecule has 8 heteroatoms. The van der Waals surface area contributed by atoms with Crippen LogP contribution in [0.4, 0.5) is 5.69 Å². The quantitative estimate of drug-likeness (QED) is 0.848. The van der Waals surface area contributed by atoms with Crippen molar-refractivity contribution in [3.05, 3.63) is 18.2 Å². The average molecular weight is 314 g/mol. The molecule has 0 saturated heterocycles. The van der Waals surface area contributed by atoms with Crippen molar-refractivity contribution < 1.29 is 22.7 Å². The van der Waals surface area contributed by atoms with E-state index >= 15 is 0 Å². The zero-order valence-corrected chi connectivity index (χ0v) is 12.8. The van der Waals surface area contributed by atoms with Crippen molar-refractivity contribution in [2.45, 2.75) is 6.92 Å². The molecule has 1 amide bonds. The van der Waals surface area contributed by atoms with Gasteiger partial charge in [-0.2, -0.15) is 0 Å². The molecule has 1 aromatic carbocycles. The molecule has 0 bridgehead atoms. The number of sulfonamides is 1. The number of anilines is 1. The average Bonchev–Trinajstić information content (AvgIpc) is 2.41. The molecule has 0 fully saturated rings. The van der Waals surface area contributed by atoms with Crippen LogP contribution in [0.5, 0.6) is 11.5 Å². The minimum absolute atomic E-state index is 0.151. The number of nitrogens with zero attached hydrogens (tertiary/aromatic N) is 1. The van der Waals surface area contributed by atoms with E-state index in [9.17, 15) is 13.2 Å². The third-order valence-corrected chi connectivity index (χ3v) is 4.10. The molecule has 1 aliphatic rings. The van der Waals surface area contributed by atoms with Gasteiger partial charge in [-0.25, -0.2) is 8.42 Å². The van der Waals surface area contributed by atoms with E-state index in [1.54, 1.807) is 18.2 Å². The van der Waals surface area contributed by atoms with Crippen LogP contribution in [0.2, 0.25) is 0 Å². The molecular weight excluding hydrogens is 296 g/mol. The van der Waals surface area contributed by atoms with E-state index in [1.165, 1.54) is 11.2 Å². The Balaban J connectivity index is 2.22. The first kappa shape index (κ1) is 15.4. The number of ether oxygens (including phenoxy) is 2. The first-order valence-electron chi connectivity index (χ1n) is 6.50. The SMILES string of the molecule is CC(=O)NCCN(c1ccc2c(c1)OCCO2)S(C)(=O)=O. The van der Waals surface area contributed by atoms with Crippen molar-refractivity contribution in [1.29, 1.82) is 0 Å². The van der Waals surface area contributed by atoms with Crippen LogP contribution in [0, 0.1) is 0 Å². The summed E-state index contributed by atoms with van der Waals surface area (Å²) in [7, 11) is -3.46. The fourth-order valence-corrected chi connectivity index (χ4v) is 2.93. The number of carbonyl (C=O) groups is 1. The third-order valence-electron chi connectivity index (χ3n) is 2.90. The van der Waals surface area contributed by atoms with Gasteiger partial charge in [-0.1, -0.05) is 0 Å². The molecule has 0 aromatic heterocycles. The Hall–Kier alpha value is -1.96. The monoisotopic (exact) mass is 314 g/mol. The van der Waals surface area contributed by atoms with Crippen LogP contribution >= 0.6 is 0 Å². The van der Waals surface area contributed by atoms with Crippen LogP contribution < -0.4 is 19.1 Å². The Morgan fingerprint density at radius 2 is 1.95 bits per heavy atom. The molecule has 21 heavy (non-hydrogen) atoms. The molecule has 0 atom stereocenters. The summed E-state index contributed by atoms with van der Waals surface area (Å²) in [6.07, 6.45) is 1.12. The Morgan fingerprint density at radius 1 is 1.29 bits per heavy atom. The van der Waals surface area contributed by atoms with Gasteiger partial charge in [-0.05, 0) is 12.1 Å². The maximum Gasteiger partial charge on any atom is 0.232 e. The lowest BCUT2D eigenvalue weighted by Crippen LogP contribution is -2.37. The van der Waals surface area contributed by atoms with Crippen molar-refractivity contribution in [2.24, 2.45) is 0 Å². The summed E-state index contributed by atoms with van der Waals surface area (Å²) in [5.74, 6) is 0.915. The smallest absolute Gasteiger partial charge is 0.232 e. The Morgan fingerprint density at radius 3 is 2.57 bits per heavy atom. The van der Waals surface area contributed by atoms with E-state index in [4.69, 9.17) is 9.47 Å². The minimum Gasteiger partial charge on any atom is -0.486 e. The lowest BCUT2D eigenvalue weighted by Gasteiger charge is -2.25. The number of carbonyl (C=O) groups excluding carboxylic acids is 1. The Labute approximate surface area is 123 Å². The van der Waals surface area contributed by atoms with Gasteiger partial charge in [0.25, 0.3) is 0 Å². The second kappa shape index (κ2) is 6.21. The molecule has 0 aliphatic carbocycles. The number of nitrogens with one attached hydrogen (secondary N) is 1. The molecule has 0 spiro atoms. The van der Waals surface area contributed by atoms with Crippen LogP contribution in [0.3, 0.4) is 0 Å². The third kappa shape index (κ3) is 4.01. The van der Waals surface area contributed by atoms with Gasteiger partial charge in [-0.15, -0.1) is 0 Å². The van der Waals surface area contributed by atoms with Gasteiger partial charge in [-0.3, -0.25) is 9.10 Å².